The van der Waals surface area contributed by atoms with E-state index in [0.29, 0.717) is 0 Å². The molecule has 0 N–H and O–H groups in total. The van der Waals surface area contributed by atoms with E-state index < -0.39 is 63.8 Å². The first kappa shape index (κ1) is 24.9. The predicted molar refractivity (Wildman–Crippen MR) is 86.6 cm³/mol. The van der Waals surface area contributed by atoms with Crippen molar-refractivity contribution in [2.24, 2.45) is 5.16 Å². The van der Waals surface area contributed by atoms with Crippen molar-refractivity contribution in [3.05, 3.63) is 35.9 Å². The Hall–Kier alpha value is -3.10. The van der Waals surface area contributed by atoms with E-state index >= 15 is 0 Å². The fourth-order valence-corrected chi connectivity index (χ4v) is 2.08. The number of halogens is 5. The van der Waals surface area contributed by atoms with Gasteiger partial charge in [0.15, 0.2) is 5.71 Å². The number of hydrogen-bond donors (Lipinski definition) is 0. The normalized spacial score (nSPS) is 12.8. The number of carbonyl (C=O) groups is 3. The highest BCUT2D eigenvalue weighted by molar-refractivity contribution is 7.88. The molecule has 0 bridgehead atoms. The van der Waals surface area contributed by atoms with Gasteiger partial charge in [0.2, 0.25) is 5.78 Å². The molecule has 0 aromatic heterocycles. The van der Waals surface area contributed by atoms with E-state index in [1.807, 2.05) is 0 Å². The zero-order valence-electron chi connectivity index (χ0n) is 14.8. The van der Waals surface area contributed by atoms with Crippen molar-refractivity contribution in [2.45, 2.75) is 18.4 Å². The molecule has 0 saturated carbocycles. The molecule has 30 heavy (non-hydrogen) atoms. The highest BCUT2D eigenvalue weighted by Gasteiger charge is 2.57. The summed E-state index contributed by atoms with van der Waals surface area (Å²) in [5.41, 5.74) is -2.65. The minimum absolute atomic E-state index is 0.696. The lowest BCUT2D eigenvalue weighted by molar-refractivity contribution is -0.165. The van der Waals surface area contributed by atoms with Crippen molar-refractivity contribution in [3.8, 4) is 0 Å². The molecule has 0 amide bonds. The van der Waals surface area contributed by atoms with Crippen LogP contribution >= 0.6 is 0 Å². The Balaban J connectivity index is 2.91. The number of nitrogens with zero attached hydrogens (tertiary/aromatic N) is 1. The second-order valence-corrected chi connectivity index (χ2v) is 6.75. The van der Waals surface area contributed by atoms with Gasteiger partial charge in [-0.3, -0.25) is 9.08 Å². The minimum Gasteiger partial charge on any atom is -0.457 e. The van der Waals surface area contributed by atoms with Gasteiger partial charge in [-0.1, -0.05) is 35.5 Å². The molecule has 0 aliphatic heterocycles. The largest absolute Gasteiger partial charge is 0.478 e. The summed E-state index contributed by atoms with van der Waals surface area (Å²) in [4.78, 5) is 32.7. The molecular weight excluding hydrogens is 449 g/mol. The zero-order chi connectivity index (χ0) is 23.2. The van der Waals surface area contributed by atoms with Crippen LogP contribution in [0.15, 0.2) is 35.5 Å². The van der Waals surface area contributed by atoms with Gasteiger partial charge in [0.1, 0.15) is 13.2 Å². The quantitative estimate of drug-likeness (QED) is 0.136. The Morgan fingerprint density at radius 2 is 1.50 bits per heavy atom. The maximum absolute atomic E-state index is 13.8. The fraction of sp³-hybridized carbons (Fsp3) is 0.333. The second-order valence-electron chi connectivity index (χ2n) is 5.18. The van der Waals surface area contributed by atoms with Crippen LogP contribution in [0.2, 0.25) is 0 Å². The lowest BCUT2D eigenvalue weighted by Crippen LogP contribution is -2.40. The number of esters is 2. The summed E-state index contributed by atoms with van der Waals surface area (Å²) in [6.45, 7) is -1.12. The van der Waals surface area contributed by atoms with Crippen molar-refractivity contribution in [1.82, 2.24) is 0 Å². The maximum atomic E-state index is 13.8. The summed E-state index contributed by atoms with van der Waals surface area (Å²) in [5, 5.41) is -3.22. The summed E-state index contributed by atoms with van der Waals surface area (Å²) in [6, 6.07) is 5.31. The van der Waals surface area contributed by atoms with Crippen LogP contribution in [0.5, 0.6) is 0 Å². The monoisotopic (exact) mass is 461 g/mol. The Kier molecular flexibility index (Phi) is 7.98. The summed E-state index contributed by atoms with van der Waals surface area (Å²) in [5.74, 6) is -5.15. The standard InChI is InChI=1S/C15H12F5NO8S/c1-9(22)12(23)27-7-8-28-13(24)15(19,20)30(25,26)29-21-11(14(16,17)18)10-5-3-2-4-6-10/h2-6H,7-8H2,1H3. The molecule has 0 radical (unpaired) electrons. The van der Waals surface area contributed by atoms with Gasteiger partial charge in [0.25, 0.3) is 0 Å². The number of benzene rings is 1. The van der Waals surface area contributed by atoms with Gasteiger partial charge in [0, 0.05) is 12.5 Å². The van der Waals surface area contributed by atoms with Crippen molar-refractivity contribution >= 4 is 33.6 Å². The summed E-state index contributed by atoms with van der Waals surface area (Å²) in [6.07, 6.45) is -5.28. The molecule has 9 nitrogen and oxygen atoms in total. The van der Waals surface area contributed by atoms with Gasteiger partial charge in [-0.05, 0) is 0 Å². The number of carbonyl (C=O) groups excluding carboxylic acids is 3. The number of ketones is 1. The summed E-state index contributed by atoms with van der Waals surface area (Å²) < 4.78 is 101. The molecule has 166 valence electrons. The van der Waals surface area contributed by atoms with Crippen molar-refractivity contribution in [1.29, 1.82) is 0 Å². The third-order valence-corrected chi connectivity index (χ3v) is 4.00. The predicted octanol–water partition coefficient (Wildman–Crippen LogP) is 1.57. The first-order chi connectivity index (χ1) is 13.7. The lowest BCUT2D eigenvalue weighted by Gasteiger charge is -2.15. The average Bonchev–Trinajstić information content (AvgIpc) is 2.64. The van der Waals surface area contributed by atoms with Gasteiger partial charge in [-0.2, -0.15) is 30.4 Å². The van der Waals surface area contributed by atoms with Gasteiger partial charge < -0.3 is 9.47 Å². The Bertz CT molecular complexity index is 928. The SMILES string of the molecule is CC(=O)C(=O)OCCOC(=O)C(F)(F)S(=O)(=O)ON=C(c1ccccc1)C(F)(F)F. The molecule has 0 fully saturated rings. The molecule has 1 aromatic rings. The van der Waals surface area contributed by atoms with Crippen LogP contribution in [0.1, 0.15) is 12.5 Å². The van der Waals surface area contributed by atoms with E-state index in [2.05, 4.69) is 18.9 Å². The second kappa shape index (κ2) is 9.60. The molecule has 0 aliphatic carbocycles. The molecule has 1 rings (SSSR count). The van der Waals surface area contributed by atoms with Gasteiger partial charge in [-0.25, -0.2) is 9.59 Å². The third-order valence-electron chi connectivity index (χ3n) is 2.93. The molecule has 0 aliphatic rings. The molecule has 0 heterocycles. The Labute approximate surface area is 165 Å². The number of Topliss-reactive ketones (excluding diaryl/α,β-unsaturated/α-hetero) is 1. The number of alkyl halides is 5. The molecule has 1 aromatic carbocycles. The highest BCUT2D eigenvalue weighted by Crippen LogP contribution is 2.28. The van der Waals surface area contributed by atoms with E-state index in [1.165, 1.54) is 6.07 Å². The van der Waals surface area contributed by atoms with Gasteiger partial charge in [0.05, 0.1) is 0 Å². The molecule has 15 heteroatoms. The van der Waals surface area contributed by atoms with Crippen LogP contribution in [0.4, 0.5) is 22.0 Å². The molecule has 0 atom stereocenters. The van der Waals surface area contributed by atoms with Crippen LogP contribution in [0, 0.1) is 0 Å². The van der Waals surface area contributed by atoms with Crippen LogP contribution < -0.4 is 0 Å². The molecule has 0 spiro atoms. The van der Waals surface area contributed by atoms with Crippen molar-refractivity contribution in [3.63, 3.8) is 0 Å². The smallest absolute Gasteiger partial charge is 0.457 e. The van der Waals surface area contributed by atoms with E-state index in [9.17, 15) is 44.8 Å². The lowest BCUT2D eigenvalue weighted by atomic mass is 10.1. The number of hydrogen-bond acceptors (Lipinski definition) is 9. The summed E-state index contributed by atoms with van der Waals surface area (Å²) >= 11 is 0. The minimum atomic E-state index is -6.35. The first-order valence-electron chi connectivity index (χ1n) is 7.56. The topological polar surface area (TPSA) is 125 Å². The number of ether oxygens (including phenoxy) is 2. The zero-order valence-corrected chi connectivity index (χ0v) is 15.6. The number of oxime groups is 1. The van der Waals surface area contributed by atoms with Gasteiger partial charge >= 0.3 is 33.5 Å². The Morgan fingerprint density at radius 1 is 0.967 bits per heavy atom. The third kappa shape index (κ3) is 6.47. The fourth-order valence-electron chi connectivity index (χ4n) is 1.55. The van der Waals surface area contributed by atoms with Crippen LogP contribution in [0.25, 0.3) is 0 Å². The first-order valence-corrected chi connectivity index (χ1v) is 8.97. The van der Waals surface area contributed by atoms with Crippen LogP contribution in [-0.2, 0) is 38.3 Å². The van der Waals surface area contributed by atoms with Crippen LogP contribution in [0.3, 0.4) is 0 Å². The maximum Gasteiger partial charge on any atom is 0.478 e. The van der Waals surface area contributed by atoms with E-state index in [4.69, 9.17) is 0 Å². The van der Waals surface area contributed by atoms with E-state index in [0.717, 1.165) is 31.2 Å². The van der Waals surface area contributed by atoms with Crippen molar-refractivity contribution in [2.75, 3.05) is 13.2 Å². The highest BCUT2D eigenvalue weighted by atomic mass is 32.2. The average molecular weight is 461 g/mol. The van der Waals surface area contributed by atoms with Gasteiger partial charge in [-0.15, -0.1) is 0 Å². The number of rotatable bonds is 9. The molecule has 0 saturated heterocycles. The van der Waals surface area contributed by atoms with Crippen molar-refractivity contribution < 1.29 is 58.5 Å². The van der Waals surface area contributed by atoms with E-state index in [1.54, 1.807) is 0 Å². The summed E-state index contributed by atoms with van der Waals surface area (Å²) in [7, 11) is -6.35. The Morgan fingerprint density at radius 3 is 2.00 bits per heavy atom. The van der Waals surface area contributed by atoms with E-state index in [-0.39, 0.29) is 0 Å². The molecule has 0 unspecified atom stereocenters. The van der Waals surface area contributed by atoms with Crippen LogP contribution in [-0.4, -0.2) is 56.5 Å². The molecular formula is C15H12F5NO8S.